The molecule has 0 saturated carbocycles. The number of piperidine rings is 1. The van der Waals surface area contributed by atoms with Gasteiger partial charge in [-0.05, 0) is 56.8 Å². The predicted molar refractivity (Wildman–Crippen MR) is 99.0 cm³/mol. The fourth-order valence-corrected chi connectivity index (χ4v) is 3.89. The van der Waals surface area contributed by atoms with Crippen LogP contribution in [0.1, 0.15) is 25.7 Å². The second-order valence-electron chi connectivity index (χ2n) is 7.18. The van der Waals surface area contributed by atoms with Gasteiger partial charge in [-0.1, -0.05) is 0 Å². The number of hydrogen-bond donors (Lipinski definition) is 2. The molecule has 0 bridgehead atoms. The highest BCUT2D eigenvalue weighted by Crippen LogP contribution is 2.23. The highest BCUT2D eigenvalue weighted by molar-refractivity contribution is 5.97. The largest absolute Gasteiger partial charge is 0.481 e. The van der Waals surface area contributed by atoms with E-state index in [1.807, 2.05) is 12.1 Å². The van der Waals surface area contributed by atoms with Crippen molar-refractivity contribution < 1.29 is 14.7 Å². The summed E-state index contributed by atoms with van der Waals surface area (Å²) in [4.78, 5) is 32.4. The van der Waals surface area contributed by atoms with Gasteiger partial charge in [0.2, 0.25) is 5.91 Å². The fourth-order valence-electron chi connectivity index (χ4n) is 3.89. The van der Waals surface area contributed by atoms with E-state index < -0.39 is 11.9 Å². The lowest BCUT2D eigenvalue weighted by atomic mass is 9.89. The Hall–Kier alpha value is -2.15. The first-order valence-electron chi connectivity index (χ1n) is 9.52. The minimum Gasteiger partial charge on any atom is -0.481 e. The van der Waals surface area contributed by atoms with Gasteiger partial charge in [-0.2, -0.15) is 0 Å². The summed E-state index contributed by atoms with van der Waals surface area (Å²) >= 11 is 0. The molecule has 1 unspecified atom stereocenters. The number of hydrogen-bond acceptors (Lipinski definition) is 5. The Kier molecular flexibility index (Phi) is 6.44. The Morgan fingerprint density at radius 1 is 1.15 bits per heavy atom. The summed E-state index contributed by atoms with van der Waals surface area (Å²) in [7, 11) is 0. The van der Waals surface area contributed by atoms with Crippen molar-refractivity contribution in [1.82, 2.24) is 15.2 Å². The zero-order valence-electron chi connectivity index (χ0n) is 15.1. The molecule has 0 aromatic carbocycles. The number of carbonyl (C=O) groups excluding carboxylic acids is 1. The van der Waals surface area contributed by atoms with E-state index >= 15 is 0 Å². The van der Waals surface area contributed by atoms with Crippen LogP contribution in [0.4, 0.5) is 5.69 Å². The van der Waals surface area contributed by atoms with Gasteiger partial charge in [-0.3, -0.25) is 14.6 Å². The standard InChI is InChI=1S/C19H28N4O3/c24-18(17(19(25)26)2-1-15-3-7-20-8-4-15)23-13-11-22(12-14-23)16-5-9-21-10-6-16/h5-6,9-10,15,17,20H,1-4,7-8,11-14H2,(H,25,26). The number of aliphatic carboxylic acids is 1. The lowest BCUT2D eigenvalue weighted by molar-refractivity contribution is -0.151. The van der Waals surface area contributed by atoms with Gasteiger partial charge in [0.15, 0.2) is 0 Å². The second-order valence-corrected chi connectivity index (χ2v) is 7.18. The van der Waals surface area contributed by atoms with E-state index in [0.29, 0.717) is 25.4 Å². The second kappa shape index (κ2) is 8.98. The average molecular weight is 360 g/mol. The van der Waals surface area contributed by atoms with Crippen molar-refractivity contribution in [3.8, 4) is 0 Å². The summed E-state index contributed by atoms with van der Waals surface area (Å²) in [6.07, 6.45) is 6.93. The summed E-state index contributed by atoms with van der Waals surface area (Å²) in [6.45, 7) is 4.56. The number of pyridine rings is 1. The van der Waals surface area contributed by atoms with Gasteiger partial charge in [0.1, 0.15) is 5.92 Å². The highest BCUT2D eigenvalue weighted by atomic mass is 16.4. The highest BCUT2D eigenvalue weighted by Gasteiger charge is 2.32. The van der Waals surface area contributed by atoms with Gasteiger partial charge in [0, 0.05) is 44.3 Å². The van der Waals surface area contributed by atoms with E-state index in [1.165, 1.54) is 0 Å². The number of aromatic nitrogens is 1. The molecule has 0 spiro atoms. The monoisotopic (exact) mass is 360 g/mol. The molecule has 2 N–H and O–H groups in total. The third-order valence-corrected chi connectivity index (χ3v) is 5.54. The number of carbonyl (C=O) groups is 2. The van der Waals surface area contributed by atoms with Crippen LogP contribution >= 0.6 is 0 Å². The topological polar surface area (TPSA) is 85.8 Å². The van der Waals surface area contributed by atoms with Gasteiger partial charge in [0.05, 0.1) is 0 Å². The number of nitrogens with zero attached hydrogens (tertiary/aromatic N) is 3. The molecule has 142 valence electrons. The molecule has 0 aliphatic carbocycles. The van der Waals surface area contributed by atoms with Gasteiger partial charge in [0.25, 0.3) is 0 Å². The molecule has 7 nitrogen and oxygen atoms in total. The number of rotatable bonds is 6. The van der Waals surface area contributed by atoms with Crippen molar-refractivity contribution in [2.75, 3.05) is 44.2 Å². The van der Waals surface area contributed by atoms with Crippen molar-refractivity contribution in [3.63, 3.8) is 0 Å². The smallest absolute Gasteiger partial charge is 0.316 e. The maximum absolute atomic E-state index is 12.8. The zero-order chi connectivity index (χ0) is 18.4. The van der Waals surface area contributed by atoms with E-state index in [-0.39, 0.29) is 5.91 Å². The summed E-state index contributed by atoms with van der Waals surface area (Å²) in [5.41, 5.74) is 1.09. The van der Waals surface area contributed by atoms with Crippen molar-refractivity contribution in [1.29, 1.82) is 0 Å². The van der Waals surface area contributed by atoms with Crippen LogP contribution in [0.3, 0.4) is 0 Å². The molecule has 1 atom stereocenters. The average Bonchev–Trinajstić information content (AvgIpc) is 2.69. The van der Waals surface area contributed by atoms with Crippen LogP contribution in [-0.4, -0.2) is 66.1 Å². The van der Waals surface area contributed by atoms with E-state index in [2.05, 4.69) is 15.2 Å². The number of nitrogens with one attached hydrogen (secondary N) is 1. The first-order valence-corrected chi connectivity index (χ1v) is 9.52. The number of piperazine rings is 1. The van der Waals surface area contributed by atoms with Crippen LogP contribution in [0.25, 0.3) is 0 Å². The minimum absolute atomic E-state index is 0.221. The Morgan fingerprint density at radius 3 is 2.42 bits per heavy atom. The molecule has 2 saturated heterocycles. The number of carboxylic acid groups (broad SMARTS) is 1. The molecular weight excluding hydrogens is 332 g/mol. The molecule has 7 heteroatoms. The molecule has 1 aromatic heterocycles. The normalized spacial score (nSPS) is 20.0. The Morgan fingerprint density at radius 2 is 1.81 bits per heavy atom. The molecule has 2 aliphatic rings. The summed E-state index contributed by atoms with van der Waals surface area (Å²) in [6, 6.07) is 3.91. The van der Waals surface area contributed by atoms with E-state index in [4.69, 9.17) is 0 Å². The Labute approximate surface area is 154 Å². The van der Waals surface area contributed by atoms with Crippen LogP contribution in [0.5, 0.6) is 0 Å². The van der Waals surface area contributed by atoms with Gasteiger partial charge in [-0.25, -0.2) is 0 Å². The number of anilines is 1. The lowest BCUT2D eigenvalue weighted by Crippen LogP contribution is -2.51. The maximum Gasteiger partial charge on any atom is 0.316 e. The van der Waals surface area contributed by atoms with Crippen molar-refractivity contribution >= 4 is 17.6 Å². The molecule has 3 heterocycles. The molecular formula is C19H28N4O3. The van der Waals surface area contributed by atoms with Gasteiger partial charge >= 0.3 is 5.97 Å². The molecule has 2 fully saturated rings. The van der Waals surface area contributed by atoms with Crippen LogP contribution in [0.2, 0.25) is 0 Å². The number of amides is 1. The van der Waals surface area contributed by atoms with Crippen LogP contribution in [0.15, 0.2) is 24.5 Å². The summed E-state index contributed by atoms with van der Waals surface area (Å²) in [5.74, 6) is -1.58. The summed E-state index contributed by atoms with van der Waals surface area (Å²) in [5, 5.41) is 12.9. The quantitative estimate of drug-likeness (QED) is 0.742. The van der Waals surface area contributed by atoms with E-state index in [0.717, 1.165) is 51.1 Å². The molecule has 26 heavy (non-hydrogen) atoms. The fraction of sp³-hybridized carbons (Fsp3) is 0.632. The van der Waals surface area contributed by atoms with Crippen LogP contribution in [-0.2, 0) is 9.59 Å². The summed E-state index contributed by atoms with van der Waals surface area (Å²) < 4.78 is 0. The third-order valence-electron chi connectivity index (χ3n) is 5.54. The molecule has 0 radical (unpaired) electrons. The Balaban J connectivity index is 1.52. The first-order chi connectivity index (χ1) is 12.6. The minimum atomic E-state index is -0.986. The lowest BCUT2D eigenvalue weighted by Gasteiger charge is -2.37. The predicted octanol–water partition coefficient (Wildman–Crippen LogP) is 1.21. The molecule has 1 aromatic rings. The molecule has 1 amide bonds. The van der Waals surface area contributed by atoms with Crippen LogP contribution < -0.4 is 10.2 Å². The van der Waals surface area contributed by atoms with E-state index in [9.17, 15) is 14.7 Å². The maximum atomic E-state index is 12.8. The van der Waals surface area contributed by atoms with Crippen molar-refractivity contribution in [2.24, 2.45) is 11.8 Å². The van der Waals surface area contributed by atoms with Crippen molar-refractivity contribution in [2.45, 2.75) is 25.7 Å². The molecule has 2 aliphatic heterocycles. The SMILES string of the molecule is O=C(O)C(CCC1CCNCC1)C(=O)N1CCN(c2ccncc2)CC1. The zero-order valence-corrected chi connectivity index (χ0v) is 15.1. The van der Waals surface area contributed by atoms with E-state index in [1.54, 1.807) is 17.3 Å². The number of carboxylic acids is 1. The van der Waals surface area contributed by atoms with Gasteiger partial charge < -0.3 is 20.2 Å². The first kappa shape index (κ1) is 18.6. The van der Waals surface area contributed by atoms with Crippen LogP contribution in [0, 0.1) is 11.8 Å². The Bertz CT molecular complexity index is 596. The molecule has 3 rings (SSSR count). The van der Waals surface area contributed by atoms with Gasteiger partial charge in [-0.15, -0.1) is 0 Å². The van der Waals surface area contributed by atoms with Crippen molar-refractivity contribution in [3.05, 3.63) is 24.5 Å². The third kappa shape index (κ3) is 4.72.